The van der Waals surface area contributed by atoms with Gasteiger partial charge in [-0.05, 0) is 62.6 Å². The second kappa shape index (κ2) is 8.63. The number of amides is 1. The van der Waals surface area contributed by atoms with Crippen molar-refractivity contribution in [2.75, 3.05) is 12.4 Å². The SMILES string of the molecule is CCOc1cccc(C(=O)N[C@@H]2CC[C@@H]3Oc4ccc(Br)cc4C4(CSC(N)=N4)[C@H]3C2)c1. The lowest BCUT2D eigenvalue weighted by atomic mass is 9.67. The average Bonchev–Trinajstić information content (AvgIpc) is 3.18. The summed E-state index contributed by atoms with van der Waals surface area (Å²) in [5.74, 6) is 2.46. The molecule has 1 amide bonds. The third-order valence-electron chi connectivity index (χ3n) is 6.58. The van der Waals surface area contributed by atoms with E-state index in [1.54, 1.807) is 17.8 Å². The Labute approximate surface area is 200 Å². The number of carbonyl (C=O) groups is 1. The molecule has 0 radical (unpaired) electrons. The molecule has 5 rings (SSSR count). The summed E-state index contributed by atoms with van der Waals surface area (Å²) >= 11 is 5.20. The summed E-state index contributed by atoms with van der Waals surface area (Å²) in [6.45, 7) is 2.50. The largest absolute Gasteiger partial charge is 0.494 e. The van der Waals surface area contributed by atoms with Gasteiger partial charge in [0.15, 0.2) is 5.17 Å². The van der Waals surface area contributed by atoms with E-state index in [-0.39, 0.29) is 24.0 Å². The molecule has 2 aromatic carbocycles. The number of hydrogen-bond donors (Lipinski definition) is 2. The molecule has 1 saturated carbocycles. The van der Waals surface area contributed by atoms with E-state index in [0.29, 0.717) is 23.1 Å². The van der Waals surface area contributed by atoms with Crippen LogP contribution in [-0.4, -0.2) is 35.6 Å². The standard InChI is InChI=1S/C24H26BrN3O3S/c1-2-30-17-5-3-4-14(10-17)22(29)27-16-7-9-21-19(12-16)24(13-32-23(26)28-24)18-11-15(25)6-8-20(18)31-21/h3-6,8,10-11,16,19,21H,2,7,9,12-13H2,1H3,(H2,26,28)(H,27,29)/t16-,19+,21+,24?/m1/s1. The van der Waals surface area contributed by atoms with Gasteiger partial charge in [-0.15, -0.1) is 0 Å². The van der Waals surface area contributed by atoms with E-state index < -0.39 is 5.54 Å². The monoisotopic (exact) mass is 515 g/mol. The quantitative estimate of drug-likeness (QED) is 0.627. The van der Waals surface area contributed by atoms with Gasteiger partial charge in [-0.25, -0.2) is 4.99 Å². The van der Waals surface area contributed by atoms with Crippen LogP contribution in [0.3, 0.4) is 0 Å². The smallest absolute Gasteiger partial charge is 0.251 e. The lowest BCUT2D eigenvalue weighted by Crippen LogP contribution is -2.54. The molecule has 0 bridgehead atoms. The van der Waals surface area contributed by atoms with E-state index in [1.165, 1.54) is 0 Å². The van der Waals surface area contributed by atoms with Crippen molar-refractivity contribution < 1.29 is 14.3 Å². The summed E-state index contributed by atoms with van der Waals surface area (Å²) in [5, 5.41) is 3.87. The van der Waals surface area contributed by atoms with Gasteiger partial charge < -0.3 is 20.5 Å². The van der Waals surface area contributed by atoms with Gasteiger partial charge in [0.1, 0.15) is 23.1 Å². The van der Waals surface area contributed by atoms with Crippen molar-refractivity contribution in [3.63, 3.8) is 0 Å². The Kier molecular flexibility index (Phi) is 5.84. The zero-order valence-corrected chi connectivity index (χ0v) is 20.2. The molecule has 2 heterocycles. The van der Waals surface area contributed by atoms with Crippen molar-refractivity contribution in [1.29, 1.82) is 0 Å². The number of nitrogens with two attached hydrogens (primary N) is 1. The first-order chi connectivity index (χ1) is 15.5. The fraction of sp³-hybridized carbons (Fsp3) is 0.417. The molecule has 3 aliphatic rings. The Morgan fingerprint density at radius 2 is 2.22 bits per heavy atom. The Morgan fingerprint density at radius 3 is 3.00 bits per heavy atom. The van der Waals surface area contributed by atoms with Crippen LogP contribution >= 0.6 is 27.7 Å². The fourth-order valence-electron chi connectivity index (χ4n) is 5.16. The molecule has 1 spiro atoms. The summed E-state index contributed by atoms with van der Waals surface area (Å²) in [7, 11) is 0. The summed E-state index contributed by atoms with van der Waals surface area (Å²) in [4.78, 5) is 18.0. The normalized spacial score (nSPS) is 28.3. The number of halogens is 1. The number of carbonyl (C=O) groups excluding carboxylic acids is 1. The van der Waals surface area contributed by atoms with Gasteiger partial charge in [0, 0.05) is 33.3 Å². The van der Waals surface area contributed by atoms with Gasteiger partial charge in [-0.1, -0.05) is 33.8 Å². The molecule has 1 aliphatic carbocycles. The van der Waals surface area contributed by atoms with Gasteiger partial charge in [0.25, 0.3) is 5.91 Å². The molecule has 0 saturated heterocycles. The predicted octanol–water partition coefficient (Wildman–Crippen LogP) is 4.46. The zero-order chi connectivity index (χ0) is 22.3. The van der Waals surface area contributed by atoms with Gasteiger partial charge in [-0.3, -0.25) is 4.79 Å². The first-order valence-corrected chi connectivity index (χ1v) is 12.7. The molecule has 3 N–H and O–H groups in total. The predicted molar refractivity (Wildman–Crippen MR) is 131 cm³/mol. The molecule has 0 aromatic heterocycles. The molecular weight excluding hydrogens is 490 g/mol. The third-order valence-corrected chi connectivity index (χ3v) is 8.04. The topological polar surface area (TPSA) is 85.9 Å². The molecule has 8 heteroatoms. The number of benzene rings is 2. The van der Waals surface area contributed by atoms with Crippen molar-refractivity contribution in [2.45, 2.75) is 43.9 Å². The lowest BCUT2D eigenvalue weighted by molar-refractivity contribution is 0.0155. The van der Waals surface area contributed by atoms with Crippen LogP contribution in [0.5, 0.6) is 11.5 Å². The Morgan fingerprint density at radius 1 is 1.34 bits per heavy atom. The van der Waals surface area contributed by atoms with E-state index in [0.717, 1.165) is 40.8 Å². The maximum atomic E-state index is 13.0. The number of ether oxygens (including phenoxy) is 2. The van der Waals surface area contributed by atoms with Crippen LogP contribution in [0, 0.1) is 5.92 Å². The fourth-order valence-corrected chi connectivity index (χ4v) is 6.55. The maximum Gasteiger partial charge on any atom is 0.251 e. The highest BCUT2D eigenvalue weighted by Crippen LogP contribution is 2.54. The molecular formula is C24H26BrN3O3S. The van der Waals surface area contributed by atoms with Crippen LogP contribution in [0.4, 0.5) is 0 Å². The molecule has 32 heavy (non-hydrogen) atoms. The number of amidine groups is 1. The molecule has 2 aliphatic heterocycles. The Balaban J connectivity index is 1.39. The number of thioether (sulfide) groups is 1. The van der Waals surface area contributed by atoms with Crippen LogP contribution in [0.1, 0.15) is 42.1 Å². The number of aliphatic imine (C=N–C) groups is 1. The molecule has 6 nitrogen and oxygen atoms in total. The molecule has 2 aromatic rings. The minimum Gasteiger partial charge on any atom is -0.494 e. The van der Waals surface area contributed by atoms with Crippen molar-refractivity contribution in [2.24, 2.45) is 16.6 Å². The van der Waals surface area contributed by atoms with E-state index >= 15 is 0 Å². The van der Waals surface area contributed by atoms with Gasteiger partial charge in [0.05, 0.1) is 6.61 Å². The van der Waals surface area contributed by atoms with Crippen LogP contribution in [0.2, 0.25) is 0 Å². The minimum atomic E-state index is -0.422. The second-order valence-electron chi connectivity index (χ2n) is 8.51. The van der Waals surface area contributed by atoms with Crippen LogP contribution in [0.15, 0.2) is 51.9 Å². The molecule has 168 valence electrons. The maximum absolute atomic E-state index is 13.0. The van der Waals surface area contributed by atoms with E-state index in [2.05, 4.69) is 27.3 Å². The Hall–Kier alpha value is -2.19. The highest BCUT2D eigenvalue weighted by molar-refractivity contribution is 9.10. The van der Waals surface area contributed by atoms with Crippen molar-refractivity contribution >= 4 is 38.8 Å². The number of nitrogens with one attached hydrogen (secondary N) is 1. The second-order valence-corrected chi connectivity index (χ2v) is 10.4. The average molecular weight is 516 g/mol. The van der Waals surface area contributed by atoms with E-state index in [1.807, 2.05) is 37.3 Å². The zero-order valence-electron chi connectivity index (χ0n) is 17.8. The third kappa shape index (κ3) is 3.88. The molecule has 4 atom stereocenters. The first-order valence-electron chi connectivity index (χ1n) is 11.0. The summed E-state index contributed by atoms with van der Waals surface area (Å²) in [5.41, 5.74) is 7.44. The summed E-state index contributed by atoms with van der Waals surface area (Å²) in [6.07, 6.45) is 2.59. The lowest BCUT2D eigenvalue weighted by Gasteiger charge is -2.48. The number of hydrogen-bond acceptors (Lipinski definition) is 6. The minimum absolute atomic E-state index is 0.0516. The van der Waals surface area contributed by atoms with Crippen LogP contribution < -0.4 is 20.5 Å². The first kappa shape index (κ1) is 21.6. The van der Waals surface area contributed by atoms with Gasteiger partial charge in [-0.2, -0.15) is 0 Å². The van der Waals surface area contributed by atoms with Crippen molar-refractivity contribution in [3.05, 3.63) is 58.1 Å². The summed E-state index contributed by atoms with van der Waals surface area (Å²) in [6, 6.07) is 13.5. The highest BCUT2D eigenvalue weighted by Gasteiger charge is 2.54. The molecule has 1 fully saturated rings. The number of nitrogens with zero attached hydrogens (tertiary/aromatic N) is 1. The number of rotatable bonds is 4. The van der Waals surface area contributed by atoms with Crippen molar-refractivity contribution in [3.8, 4) is 11.5 Å². The van der Waals surface area contributed by atoms with Crippen LogP contribution in [0.25, 0.3) is 0 Å². The summed E-state index contributed by atoms with van der Waals surface area (Å²) < 4.78 is 13.0. The van der Waals surface area contributed by atoms with E-state index in [4.69, 9.17) is 20.2 Å². The van der Waals surface area contributed by atoms with Crippen LogP contribution in [-0.2, 0) is 5.54 Å². The molecule has 1 unspecified atom stereocenters. The number of fused-ring (bicyclic) bond motifs is 4. The van der Waals surface area contributed by atoms with Gasteiger partial charge >= 0.3 is 0 Å². The van der Waals surface area contributed by atoms with Gasteiger partial charge in [0.2, 0.25) is 0 Å². The van der Waals surface area contributed by atoms with Crippen molar-refractivity contribution in [1.82, 2.24) is 5.32 Å². The highest BCUT2D eigenvalue weighted by atomic mass is 79.9. The Bertz CT molecular complexity index is 1080. The van der Waals surface area contributed by atoms with E-state index in [9.17, 15) is 4.79 Å².